The molecule has 0 bridgehead atoms. The average Bonchev–Trinajstić information content (AvgIpc) is 2.59. The third kappa shape index (κ3) is 4.48. The van der Waals surface area contributed by atoms with Crippen molar-refractivity contribution in [3.05, 3.63) is 57.5 Å². The maximum Gasteiger partial charge on any atom is 0.323 e. The highest BCUT2D eigenvalue weighted by Crippen LogP contribution is 2.28. The molecule has 2 amide bonds. The van der Waals surface area contributed by atoms with Crippen LogP contribution >= 0.6 is 27.5 Å². The third-order valence-corrected chi connectivity index (χ3v) is 4.55. The van der Waals surface area contributed by atoms with Crippen LogP contribution in [0.1, 0.15) is 11.7 Å². The molecule has 1 aliphatic heterocycles. The minimum atomic E-state index is -0.318. The molecule has 0 aliphatic carbocycles. The first-order chi connectivity index (χ1) is 11.6. The Morgan fingerprint density at radius 3 is 2.67 bits per heavy atom. The van der Waals surface area contributed by atoms with Crippen molar-refractivity contribution in [3.8, 4) is 0 Å². The Bertz CT molecular complexity index is 718. The van der Waals surface area contributed by atoms with Gasteiger partial charge in [-0.1, -0.05) is 17.7 Å². The molecule has 2 aromatic carbocycles. The van der Waals surface area contributed by atoms with Gasteiger partial charge in [0.2, 0.25) is 0 Å². The van der Waals surface area contributed by atoms with Crippen molar-refractivity contribution in [2.75, 3.05) is 30.3 Å². The second-order valence-electron chi connectivity index (χ2n) is 5.39. The smallest absolute Gasteiger partial charge is 0.323 e. The highest BCUT2D eigenvalue weighted by molar-refractivity contribution is 9.10. The zero-order valence-electron chi connectivity index (χ0n) is 12.8. The Labute approximate surface area is 153 Å². The fourth-order valence-electron chi connectivity index (χ4n) is 2.43. The highest BCUT2D eigenvalue weighted by Gasteiger charge is 2.17. The van der Waals surface area contributed by atoms with Gasteiger partial charge >= 0.3 is 6.03 Å². The number of rotatable bonds is 3. The lowest BCUT2D eigenvalue weighted by molar-refractivity contribution is 0.0277. The van der Waals surface area contributed by atoms with Crippen LogP contribution in [0.3, 0.4) is 0 Å². The molecule has 2 aromatic rings. The van der Waals surface area contributed by atoms with E-state index in [4.69, 9.17) is 16.3 Å². The van der Waals surface area contributed by atoms with Crippen LogP contribution in [0.15, 0.2) is 46.9 Å². The van der Waals surface area contributed by atoms with E-state index in [9.17, 15) is 4.79 Å². The first kappa shape index (κ1) is 17.2. The SMILES string of the molecule is O=C(Nc1ccc(Cl)cc1)Nc1ccc(C2CNCCO2)cc1Br. The molecule has 1 fully saturated rings. The summed E-state index contributed by atoms with van der Waals surface area (Å²) in [6, 6.07) is 12.4. The summed E-state index contributed by atoms with van der Waals surface area (Å²) in [7, 11) is 0. The zero-order valence-corrected chi connectivity index (χ0v) is 15.2. The number of carbonyl (C=O) groups is 1. The molecule has 0 saturated carbocycles. The Kier molecular flexibility index (Phi) is 5.73. The second kappa shape index (κ2) is 7.98. The van der Waals surface area contributed by atoms with Crippen LogP contribution in [-0.4, -0.2) is 25.7 Å². The van der Waals surface area contributed by atoms with Crippen LogP contribution in [-0.2, 0) is 4.74 Å². The molecule has 3 rings (SSSR count). The van der Waals surface area contributed by atoms with E-state index in [-0.39, 0.29) is 12.1 Å². The predicted octanol–water partition coefficient (Wildman–Crippen LogP) is 4.41. The van der Waals surface area contributed by atoms with E-state index >= 15 is 0 Å². The largest absolute Gasteiger partial charge is 0.371 e. The van der Waals surface area contributed by atoms with E-state index < -0.39 is 0 Å². The molecule has 0 aromatic heterocycles. The zero-order chi connectivity index (χ0) is 16.9. The number of morpholine rings is 1. The molecular weight excluding hydrogens is 394 g/mol. The average molecular weight is 411 g/mol. The molecule has 7 heteroatoms. The van der Waals surface area contributed by atoms with Gasteiger partial charge in [-0.15, -0.1) is 0 Å². The summed E-state index contributed by atoms with van der Waals surface area (Å²) in [5, 5.41) is 9.50. The lowest BCUT2D eigenvalue weighted by Gasteiger charge is -2.24. The summed E-state index contributed by atoms with van der Waals surface area (Å²) >= 11 is 9.33. The van der Waals surface area contributed by atoms with Gasteiger partial charge in [0.15, 0.2) is 0 Å². The number of benzene rings is 2. The van der Waals surface area contributed by atoms with E-state index in [0.717, 1.165) is 23.1 Å². The maximum absolute atomic E-state index is 12.1. The molecular formula is C17H17BrClN3O2. The summed E-state index contributed by atoms with van der Waals surface area (Å²) in [4.78, 5) is 12.1. The fourth-order valence-corrected chi connectivity index (χ4v) is 3.05. The van der Waals surface area contributed by atoms with Crippen LogP contribution in [0.2, 0.25) is 5.02 Å². The highest BCUT2D eigenvalue weighted by atomic mass is 79.9. The van der Waals surface area contributed by atoms with Gasteiger partial charge in [0.1, 0.15) is 0 Å². The lowest BCUT2D eigenvalue weighted by atomic mass is 10.1. The molecule has 1 saturated heterocycles. The van der Waals surface area contributed by atoms with Crippen LogP contribution in [0.4, 0.5) is 16.2 Å². The van der Waals surface area contributed by atoms with Crippen molar-refractivity contribution >= 4 is 44.9 Å². The number of carbonyl (C=O) groups excluding carboxylic acids is 1. The second-order valence-corrected chi connectivity index (χ2v) is 6.68. The number of anilines is 2. The Balaban J connectivity index is 1.64. The molecule has 1 heterocycles. The third-order valence-electron chi connectivity index (χ3n) is 3.64. The van der Waals surface area contributed by atoms with Crippen LogP contribution in [0.5, 0.6) is 0 Å². The molecule has 3 N–H and O–H groups in total. The maximum atomic E-state index is 12.1. The van der Waals surface area contributed by atoms with Gasteiger partial charge in [-0.2, -0.15) is 0 Å². The lowest BCUT2D eigenvalue weighted by Crippen LogP contribution is -2.33. The van der Waals surface area contributed by atoms with E-state index in [1.807, 2.05) is 18.2 Å². The number of nitrogens with one attached hydrogen (secondary N) is 3. The standard InChI is InChI=1S/C17H17BrClN3O2/c18-14-9-11(16-10-20-7-8-24-16)1-6-15(14)22-17(23)21-13-4-2-12(19)3-5-13/h1-6,9,16,20H,7-8,10H2,(H2,21,22,23). The first-order valence-electron chi connectivity index (χ1n) is 7.57. The van der Waals surface area contributed by atoms with E-state index in [1.54, 1.807) is 24.3 Å². The molecule has 126 valence electrons. The summed E-state index contributed by atoms with van der Waals surface area (Å²) in [5.74, 6) is 0. The van der Waals surface area contributed by atoms with Gasteiger partial charge in [0.25, 0.3) is 0 Å². The fraction of sp³-hybridized carbons (Fsp3) is 0.235. The number of urea groups is 1. The molecule has 1 aliphatic rings. The Morgan fingerprint density at radius 1 is 1.21 bits per heavy atom. The Morgan fingerprint density at radius 2 is 2.00 bits per heavy atom. The molecule has 5 nitrogen and oxygen atoms in total. The van der Waals surface area contributed by atoms with Gasteiger partial charge in [-0.05, 0) is 57.9 Å². The molecule has 1 unspecified atom stereocenters. The van der Waals surface area contributed by atoms with Crippen molar-refractivity contribution in [1.82, 2.24) is 5.32 Å². The number of hydrogen-bond donors (Lipinski definition) is 3. The topological polar surface area (TPSA) is 62.4 Å². The normalized spacial score (nSPS) is 17.3. The minimum absolute atomic E-state index is 0.0343. The van der Waals surface area contributed by atoms with Gasteiger partial charge in [-0.25, -0.2) is 4.79 Å². The number of amides is 2. The molecule has 0 spiro atoms. The van der Waals surface area contributed by atoms with Gasteiger partial charge in [0.05, 0.1) is 18.4 Å². The van der Waals surface area contributed by atoms with Crippen molar-refractivity contribution in [3.63, 3.8) is 0 Å². The summed E-state index contributed by atoms with van der Waals surface area (Å²) in [6.45, 7) is 2.37. The van der Waals surface area contributed by atoms with E-state index in [2.05, 4.69) is 31.9 Å². The first-order valence-corrected chi connectivity index (χ1v) is 8.74. The number of hydrogen-bond acceptors (Lipinski definition) is 3. The minimum Gasteiger partial charge on any atom is -0.371 e. The van der Waals surface area contributed by atoms with E-state index in [0.29, 0.717) is 23.0 Å². The van der Waals surface area contributed by atoms with E-state index in [1.165, 1.54) is 0 Å². The van der Waals surface area contributed by atoms with Crippen molar-refractivity contribution in [2.24, 2.45) is 0 Å². The number of halogens is 2. The van der Waals surface area contributed by atoms with Crippen LogP contribution in [0, 0.1) is 0 Å². The summed E-state index contributed by atoms with van der Waals surface area (Å²) in [6.07, 6.45) is 0.0343. The van der Waals surface area contributed by atoms with Crippen LogP contribution < -0.4 is 16.0 Å². The van der Waals surface area contributed by atoms with Crippen molar-refractivity contribution in [2.45, 2.75) is 6.10 Å². The monoisotopic (exact) mass is 409 g/mol. The van der Waals surface area contributed by atoms with Gasteiger partial charge in [-0.3, -0.25) is 0 Å². The van der Waals surface area contributed by atoms with Gasteiger partial charge in [0, 0.05) is 28.3 Å². The molecule has 24 heavy (non-hydrogen) atoms. The summed E-state index contributed by atoms with van der Waals surface area (Å²) in [5.41, 5.74) is 2.43. The molecule has 0 radical (unpaired) electrons. The molecule has 1 atom stereocenters. The van der Waals surface area contributed by atoms with Crippen molar-refractivity contribution in [1.29, 1.82) is 0 Å². The summed E-state index contributed by atoms with van der Waals surface area (Å²) < 4.78 is 6.54. The van der Waals surface area contributed by atoms with Crippen LogP contribution in [0.25, 0.3) is 0 Å². The van der Waals surface area contributed by atoms with Crippen molar-refractivity contribution < 1.29 is 9.53 Å². The Hall–Kier alpha value is -1.60. The van der Waals surface area contributed by atoms with Gasteiger partial charge < -0.3 is 20.7 Å². The predicted molar refractivity (Wildman–Crippen MR) is 99.8 cm³/mol. The quantitative estimate of drug-likeness (QED) is 0.702. The number of ether oxygens (including phenoxy) is 1.